The number of rotatable bonds is 1. The Labute approximate surface area is 91.6 Å². The molecule has 0 bridgehead atoms. The van der Waals surface area contributed by atoms with Crippen LogP contribution in [0.25, 0.3) is 0 Å². The molecule has 0 spiro atoms. The van der Waals surface area contributed by atoms with Gasteiger partial charge >= 0.3 is 5.97 Å². The van der Waals surface area contributed by atoms with Crippen LogP contribution >= 0.6 is 23.2 Å². The van der Waals surface area contributed by atoms with Crippen LogP contribution in [0, 0.1) is 0 Å². The van der Waals surface area contributed by atoms with Crippen LogP contribution in [0.1, 0.15) is 0 Å². The van der Waals surface area contributed by atoms with Gasteiger partial charge in [-0.1, -0.05) is 29.3 Å². The predicted molar refractivity (Wildman–Crippen MR) is 54.5 cm³/mol. The average molecular weight is 239 g/mol. The average Bonchev–Trinajstić information content (AvgIpc) is 2.17. The third-order valence-corrected chi connectivity index (χ3v) is 1.59. The summed E-state index contributed by atoms with van der Waals surface area (Å²) in [5.74, 6) is -0.824. The number of ether oxygens (including phenoxy) is 1. The maximum atomic E-state index is 10.9. The minimum absolute atomic E-state index is 0.678. The molecule has 0 amide bonds. The van der Waals surface area contributed by atoms with Crippen LogP contribution in [0.3, 0.4) is 0 Å². The molecule has 0 unspecified atom stereocenters. The van der Waals surface area contributed by atoms with Crippen LogP contribution in [-0.2, 0) is 9.53 Å². The Morgan fingerprint density at radius 3 is 2.07 bits per heavy atom. The number of carbonyl (C=O) groups excluding carboxylic acids is 1. The molecular formula is C9H9Cl2FO2. The molecular weight excluding hydrogens is 230 g/mol. The van der Waals surface area contributed by atoms with Gasteiger partial charge in [-0.25, -0.2) is 9.18 Å². The summed E-state index contributed by atoms with van der Waals surface area (Å²) in [4.78, 5) is 9.58. The SMILES string of the molecule is COC(=O)CF.Clc1cccc(Cl)c1. The van der Waals surface area contributed by atoms with E-state index in [1.807, 2.05) is 6.07 Å². The van der Waals surface area contributed by atoms with Crippen molar-refractivity contribution >= 4 is 29.2 Å². The highest BCUT2D eigenvalue weighted by molar-refractivity contribution is 6.34. The van der Waals surface area contributed by atoms with Crippen LogP contribution in [-0.4, -0.2) is 19.8 Å². The highest BCUT2D eigenvalue weighted by Crippen LogP contribution is 2.13. The molecule has 0 aromatic heterocycles. The first kappa shape index (κ1) is 13.2. The second-order valence-electron chi connectivity index (χ2n) is 2.15. The maximum absolute atomic E-state index is 10.9. The number of hydrogen-bond donors (Lipinski definition) is 0. The van der Waals surface area contributed by atoms with Crippen molar-refractivity contribution in [1.82, 2.24) is 0 Å². The lowest BCUT2D eigenvalue weighted by Gasteiger charge is -1.86. The van der Waals surface area contributed by atoms with Gasteiger partial charge in [0.05, 0.1) is 7.11 Å². The summed E-state index contributed by atoms with van der Waals surface area (Å²) < 4.78 is 14.8. The fraction of sp³-hybridized carbons (Fsp3) is 0.222. The highest BCUT2D eigenvalue weighted by atomic mass is 35.5. The molecule has 14 heavy (non-hydrogen) atoms. The summed E-state index contributed by atoms with van der Waals surface area (Å²) in [5, 5.41) is 1.36. The second kappa shape index (κ2) is 7.59. The molecule has 1 aromatic carbocycles. The van der Waals surface area contributed by atoms with E-state index in [1.165, 1.54) is 0 Å². The van der Waals surface area contributed by atoms with Crippen LogP contribution < -0.4 is 0 Å². The lowest BCUT2D eigenvalue weighted by molar-refractivity contribution is -0.141. The van der Waals surface area contributed by atoms with Gasteiger partial charge in [0, 0.05) is 10.0 Å². The number of methoxy groups -OCH3 is 1. The van der Waals surface area contributed by atoms with E-state index in [1.54, 1.807) is 18.2 Å². The minimum atomic E-state index is -1.03. The predicted octanol–water partition coefficient (Wildman–Crippen LogP) is 3.12. The van der Waals surface area contributed by atoms with Crippen molar-refractivity contribution in [2.45, 2.75) is 0 Å². The summed E-state index contributed by atoms with van der Waals surface area (Å²) in [6.07, 6.45) is 0. The normalized spacial score (nSPS) is 8.57. The Bertz CT molecular complexity index is 269. The molecule has 0 aliphatic carbocycles. The molecule has 0 N–H and O–H groups in total. The summed E-state index contributed by atoms with van der Waals surface area (Å²) >= 11 is 11.1. The quantitative estimate of drug-likeness (QED) is 0.703. The molecule has 1 rings (SSSR count). The van der Waals surface area contributed by atoms with Crippen LogP contribution in [0.15, 0.2) is 24.3 Å². The van der Waals surface area contributed by atoms with Gasteiger partial charge < -0.3 is 4.74 Å². The first-order valence-electron chi connectivity index (χ1n) is 3.64. The first-order valence-corrected chi connectivity index (χ1v) is 4.39. The van der Waals surface area contributed by atoms with Gasteiger partial charge in [-0.3, -0.25) is 0 Å². The number of hydrogen-bond acceptors (Lipinski definition) is 2. The monoisotopic (exact) mass is 238 g/mol. The van der Waals surface area contributed by atoms with E-state index in [4.69, 9.17) is 23.2 Å². The van der Waals surface area contributed by atoms with E-state index < -0.39 is 12.6 Å². The van der Waals surface area contributed by atoms with Crippen LogP contribution in [0.2, 0.25) is 10.0 Å². The molecule has 5 heteroatoms. The molecule has 0 aliphatic rings. The Hall–Kier alpha value is -0.800. The fourth-order valence-corrected chi connectivity index (χ4v) is 0.951. The van der Waals surface area contributed by atoms with Crippen molar-refractivity contribution in [3.8, 4) is 0 Å². The lowest BCUT2D eigenvalue weighted by atomic mass is 10.4. The Morgan fingerprint density at radius 2 is 1.93 bits per heavy atom. The molecule has 0 atom stereocenters. The van der Waals surface area contributed by atoms with E-state index >= 15 is 0 Å². The van der Waals surface area contributed by atoms with Crippen LogP contribution in [0.5, 0.6) is 0 Å². The summed E-state index contributed by atoms with van der Waals surface area (Å²) in [7, 11) is 1.14. The summed E-state index contributed by atoms with van der Waals surface area (Å²) in [6, 6.07) is 7.08. The van der Waals surface area contributed by atoms with Crippen molar-refractivity contribution in [2.75, 3.05) is 13.8 Å². The largest absolute Gasteiger partial charge is 0.467 e. The molecule has 78 valence electrons. The van der Waals surface area contributed by atoms with Gasteiger partial charge in [0.2, 0.25) is 0 Å². The van der Waals surface area contributed by atoms with E-state index in [2.05, 4.69) is 4.74 Å². The van der Waals surface area contributed by atoms with Crippen molar-refractivity contribution in [2.24, 2.45) is 0 Å². The third-order valence-electron chi connectivity index (χ3n) is 1.12. The van der Waals surface area contributed by atoms with Crippen LogP contribution in [0.4, 0.5) is 4.39 Å². The third kappa shape index (κ3) is 6.69. The molecule has 0 heterocycles. The van der Waals surface area contributed by atoms with E-state index in [-0.39, 0.29) is 0 Å². The zero-order valence-electron chi connectivity index (χ0n) is 7.47. The zero-order valence-corrected chi connectivity index (χ0v) is 8.98. The number of benzene rings is 1. The minimum Gasteiger partial charge on any atom is -0.467 e. The topological polar surface area (TPSA) is 26.3 Å². The van der Waals surface area contributed by atoms with Gasteiger partial charge in [-0.15, -0.1) is 0 Å². The second-order valence-corrected chi connectivity index (χ2v) is 3.02. The number of halogens is 3. The van der Waals surface area contributed by atoms with Crippen molar-refractivity contribution in [1.29, 1.82) is 0 Å². The molecule has 0 fully saturated rings. The molecule has 0 radical (unpaired) electrons. The van der Waals surface area contributed by atoms with Gasteiger partial charge in [-0.2, -0.15) is 0 Å². The number of alkyl halides is 1. The molecule has 0 aliphatic heterocycles. The Morgan fingerprint density at radius 1 is 1.43 bits per heavy atom. The molecule has 1 aromatic rings. The fourth-order valence-electron chi connectivity index (χ4n) is 0.514. The van der Waals surface area contributed by atoms with E-state index in [9.17, 15) is 9.18 Å². The van der Waals surface area contributed by atoms with Gasteiger partial charge in [0.25, 0.3) is 0 Å². The molecule has 0 saturated carbocycles. The van der Waals surface area contributed by atoms with Crippen molar-refractivity contribution in [3.05, 3.63) is 34.3 Å². The molecule has 0 saturated heterocycles. The maximum Gasteiger partial charge on any atom is 0.337 e. The van der Waals surface area contributed by atoms with E-state index in [0.717, 1.165) is 7.11 Å². The summed E-state index contributed by atoms with van der Waals surface area (Å²) in [5.41, 5.74) is 0. The van der Waals surface area contributed by atoms with Gasteiger partial charge in [0.1, 0.15) is 0 Å². The summed E-state index contributed by atoms with van der Waals surface area (Å²) in [6.45, 7) is -1.03. The Kier molecular flexibility index (Phi) is 7.16. The Balaban J connectivity index is 0.000000255. The molecule has 2 nitrogen and oxygen atoms in total. The van der Waals surface area contributed by atoms with Gasteiger partial charge in [-0.05, 0) is 18.2 Å². The first-order chi connectivity index (χ1) is 6.60. The number of carbonyl (C=O) groups is 1. The van der Waals surface area contributed by atoms with E-state index in [0.29, 0.717) is 10.0 Å². The zero-order chi connectivity index (χ0) is 11.0. The smallest absolute Gasteiger partial charge is 0.337 e. The van der Waals surface area contributed by atoms with Gasteiger partial charge in [0.15, 0.2) is 6.67 Å². The highest BCUT2D eigenvalue weighted by Gasteiger charge is 1.91. The lowest BCUT2D eigenvalue weighted by Crippen LogP contribution is -2.00. The number of esters is 1. The van der Waals surface area contributed by atoms with Crippen molar-refractivity contribution < 1.29 is 13.9 Å². The standard InChI is InChI=1S/C6H4Cl2.C3H5FO2/c7-5-2-1-3-6(8)4-5;1-6-3(5)2-4/h1-4H;2H2,1H3. The van der Waals surface area contributed by atoms with Crippen molar-refractivity contribution in [3.63, 3.8) is 0 Å².